The Morgan fingerprint density at radius 3 is 1.54 bits per heavy atom. The topological polar surface area (TPSA) is 102 Å². The first-order valence-corrected chi connectivity index (χ1v) is 5.77. The van der Waals surface area contributed by atoms with Crippen molar-refractivity contribution in [1.82, 2.24) is 0 Å². The fraction of sp³-hybridized carbons (Fsp3) is 0. The van der Waals surface area contributed by atoms with Crippen LogP contribution in [0, 0.1) is 0 Å². The molecule has 0 spiro atoms. The molecule has 0 aromatic heterocycles. The van der Waals surface area contributed by atoms with Gasteiger partial charge in [0, 0.05) is 0 Å². The molecule has 0 saturated carbocycles. The highest BCUT2D eigenvalue weighted by Crippen LogP contribution is 2.60. The summed E-state index contributed by atoms with van der Waals surface area (Å²) in [7, 11) is -9.30. The van der Waals surface area contributed by atoms with Crippen LogP contribution in [0.5, 0.6) is 0 Å². The fourth-order valence-corrected chi connectivity index (χ4v) is 2.09. The summed E-state index contributed by atoms with van der Waals surface area (Å²) >= 11 is 0. The predicted octanol–water partition coefficient (Wildman–Crippen LogP) is 1.52. The van der Waals surface area contributed by atoms with Gasteiger partial charge in [-0.05, 0) is 0 Å². The van der Waals surface area contributed by atoms with Crippen molar-refractivity contribution in [1.29, 1.82) is 0 Å². The van der Waals surface area contributed by atoms with Gasteiger partial charge in [0.1, 0.15) is 0 Å². The monoisotopic (exact) mass is 230 g/mol. The second kappa shape index (κ2) is 4.60. The molecule has 13 heavy (non-hydrogen) atoms. The maximum absolute atomic E-state index is 10.7. The minimum atomic E-state index is -4.65. The van der Waals surface area contributed by atoms with E-state index in [9.17, 15) is 9.13 Å². The number of rotatable bonds is 6. The quantitative estimate of drug-likeness (QED) is 0.526. The van der Waals surface area contributed by atoms with Crippen molar-refractivity contribution in [2.75, 3.05) is 0 Å². The molecule has 0 rings (SSSR count). The Kier molecular flexibility index (Phi) is 4.39. The first kappa shape index (κ1) is 12.4. The summed E-state index contributed by atoms with van der Waals surface area (Å²) in [5.41, 5.74) is 0. The molecule has 0 aliphatic carbocycles. The lowest BCUT2D eigenvalue weighted by Crippen LogP contribution is -1.90. The Labute approximate surface area is 74.5 Å². The molecule has 2 unspecified atom stereocenters. The van der Waals surface area contributed by atoms with Gasteiger partial charge in [-0.25, -0.2) is 9.13 Å². The van der Waals surface area contributed by atoms with Crippen LogP contribution in [0.15, 0.2) is 25.7 Å². The third kappa shape index (κ3) is 5.63. The molecule has 0 aliphatic rings. The van der Waals surface area contributed by atoms with Gasteiger partial charge in [-0.2, -0.15) is 4.31 Å². The van der Waals surface area contributed by atoms with Crippen LogP contribution in [0.25, 0.3) is 0 Å². The van der Waals surface area contributed by atoms with E-state index in [4.69, 9.17) is 9.79 Å². The van der Waals surface area contributed by atoms with Crippen molar-refractivity contribution in [3.8, 4) is 0 Å². The number of phosphoric ester groups is 2. The Bertz CT molecular complexity index is 256. The molecular weight excluding hydrogens is 222 g/mol. The summed E-state index contributed by atoms with van der Waals surface area (Å²) in [5, 5.41) is 0. The molecule has 2 N–H and O–H groups in total. The Morgan fingerprint density at radius 1 is 1.00 bits per heavy atom. The van der Waals surface area contributed by atoms with Crippen LogP contribution in [-0.4, -0.2) is 9.79 Å². The van der Waals surface area contributed by atoms with Gasteiger partial charge < -0.3 is 9.05 Å². The molecule has 0 fully saturated rings. The standard InChI is InChI=1S/C4H8O7P2/c1-3-9-12(5,6)11-13(7,8)10-4-2/h3-4H,1-2H2,(H,5,6)(H,7,8). The fourth-order valence-electron chi connectivity index (χ4n) is 0.357. The van der Waals surface area contributed by atoms with Crippen LogP contribution in [0.4, 0.5) is 0 Å². The Hall–Kier alpha value is -0.580. The lowest BCUT2D eigenvalue weighted by Gasteiger charge is -2.12. The zero-order valence-corrected chi connectivity index (χ0v) is 8.19. The highest BCUT2D eigenvalue weighted by Gasteiger charge is 2.35. The molecular formula is C4H8O7P2. The molecule has 0 aromatic carbocycles. The van der Waals surface area contributed by atoms with Gasteiger partial charge in [-0.15, -0.1) is 0 Å². The molecule has 0 radical (unpaired) electrons. The molecule has 0 aromatic rings. The number of hydrogen-bond acceptors (Lipinski definition) is 5. The van der Waals surface area contributed by atoms with Gasteiger partial charge in [0.2, 0.25) is 0 Å². The largest absolute Gasteiger partial charge is 0.536 e. The summed E-state index contributed by atoms with van der Waals surface area (Å²) in [6.07, 6.45) is 1.18. The van der Waals surface area contributed by atoms with Gasteiger partial charge in [0.15, 0.2) is 0 Å². The van der Waals surface area contributed by atoms with Crippen molar-refractivity contribution in [2.24, 2.45) is 0 Å². The smallest absolute Gasteiger partial charge is 0.412 e. The molecule has 76 valence electrons. The van der Waals surface area contributed by atoms with Gasteiger partial charge in [-0.1, -0.05) is 13.2 Å². The van der Waals surface area contributed by atoms with Gasteiger partial charge in [0.25, 0.3) is 0 Å². The van der Waals surface area contributed by atoms with Crippen molar-refractivity contribution in [3.63, 3.8) is 0 Å². The molecule has 7 nitrogen and oxygen atoms in total. The zero-order chi connectivity index (χ0) is 10.5. The van der Waals surface area contributed by atoms with Crippen molar-refractivity contribution >= 4 is 15.6 Å². The van der Waals surface area contributed by atoms with Crippen molar-refractivity contribution in [3.05, 3.63) is 25.7 Å². The first-order valence-electron chi connectivity index (χ1n) is 2.78. The van der Waals surface area contributed by atoms with Gasteiger partial charge in [-0.3, -0.25) is 9.79 Å². The van der Waals surface area contributed by atoms with Crippen LogP contribution in [0.2, 0.25) is 0 Å². The molecule has 0 amide bonds. The molecule has 2 atom stereocenters. The number of hydrogen-bond donors (Lipinski definition) is 2. The van der Waals surface area contributed by atoms with Crippen LogP contribution >= 0.6 is 15.6 Å². The van der Waals surface area contributed by atoms with E-state index < -0.39 is 15.6 Å². The van der Waals surface area contributed by atoms with E-state index in [0.717, 1.165) is 0 Å². The van der Waals surface area contributed by atoms with Crippen molar-refractivity contribution in [2.45, 2.75) is 0 Å². The van der Waals surface area contributed by atoms with Gasteiger partial charge in [0.05, 0.1) is 12.5 Å². The zero-order valence-electron chi connectivity index (χ0n) is 6.40. The SMILES string of the molecule is C=COP(=O)(O)OP(=O)(O)OC=C. The molecule has 0 heterocycles. The van der Waals surface area contributed by atoms with E-state index in [1.807, 2.05) is 0 Å². The third-order valence-corrected chi connectivity index (χ3v) is 3.10. The van der Waals surface area contributed by atoms with Crippen LogP contribution in [0.3, 0.4) is 0 Å². The first-order chi connectivity index (χ1) is 5.83. The van der Waals surface area contributed by atoms with Crippen LogP contribution in [-0.2, 0) is 22.5 Å². The lowest BCUT2D eigenvalue weighted by atomic mass is 11.2. The number of phosphoric acid groups is 2. The summed E-state index contributed by atoms with van der Waals surface area (Å²) in [6, 6.07) is 0. The minimum absolute atomic E-state index is 0.592. The normalized spacial score (nSPS) is 19.2. The summed E-state index contributed by atoms with van der Waals surface area (Å²) in [4.78, 5) is 17.3. The van der Waals surface area contributed by atoms with E-state index in [0.29, 0.717) is 12.5 Å². The van der Waals surface area contributed by atoms with E-state index in [1.165, 1.54) is 0 Å². The maximum atomic E-state index is 10.7. The van der Waals surface area contributed by atoms with Crippen LogP contribution in [0.1, 0.15) is 0 Å². The summed E-state index contributed by atoms with van der Waals surface area (Å²) < 4.78 is 33.0. The van der Waals surface area contributed by atoms with Crippen molar-refractivity contribution < 1.29 is 32.3 Å². The molecule has 0 aliphatic heterocycles. The predicted molar refractivity (Wildman–Crippen MR) is 43.3 cm³/mol. The molecule has 0 saturated heterocycles. The maximum Gasteiger partial charge on any atom is 0.536 e. The highest BCUT2D eigenvalue weighted by molar-refractivity contribution is 7.61. The second-order valence-corrected chi connectivity index (χ2v) is 4.51. The Morgan fingerprint density at radius 2 is 1.31 bits per heavy atom. The van der Waals surface area contributed by atoms with Crippen LogP contribution < -0.4 is 0 Å². The highest BCUT2D eigenvalue weighted by atomic mass is 31.3. The van der Waals surface area contributed by atoms with E-state index in [1.54, 1.807) is 0 Å². The summed E-state index contributed by atoms with van der Waals surface area (Å²) in [6.45, 7) is 5.91. The summed E-state index contributed by atoms with van der Waals surface area (Å²) in [5.74, 6) is 0. The van der Waals surface area contributed by atoms with Gasteiger partial charge >= 0.3 is 15.6 Å². The third-order valence-electron chi connectivity index (χ3n) is 0.622. The molecule has 9 heteroatoms. The van der Waals surface area contributed by atoms with E-state index >= 15 is 0 Å². The minimum Gasteiger partial charge on any atom is -0.412 e. The van der Waals surface area contributed by atoms with E-state index in [2.05, 4.69) is 26.5 Å². The lowest BCUT2D eigenvalue weighted by molar-refractivity contribution is 0.210. The average molecular weight is 230 g/mol. The van der Waals surface area contributed by atoms with E-state index in [-0.39, 0.29) is 0 Å². The average Bonchev–Trinajstić information content (AvgIpc) is 1.82. The molecule has 0 bridgehead atoms. The Balaban J connectivity index is 4.41. The second-order valence-electron chi connectivity index (χ2n) is 1.56.